The number of esters is 3. The number of hydrogen-bond acceptors (Lipinski definition) is 11. The van der Waals surface area contributed by atoms with Crippen molar-refractivity contribution in [2.45, 2.75) is 58.1 Å². The first-order valence-corrected chi connectivity index (χ1v) is 8.89. The minimum atomic E-state index is -1.54. The molecule has 170 valence electrons. The molecule has 0 aromatic carbocycles. The molecule has 0 aliphatic carbocycles. The molecule has 0 saturated carbocycles. The highest BCUT2D eigenvalue weighted by Crippen LogP contribution is 2.27. The Bertz CT molecular complexity index is 820. The van der Waals surface area contributed by atoms with Crippen LogP contribution in [0, 0.1) is 5.53 Å². The number of aliphatic carboxylic acids is 1. The van der Waals surface area contributed by atoms with Gasteiger partial charge in [-0.3, -0.25) is 19.2 Å². The Morgan fingerprint density at radius 2 is 1.77 bits per heavy atom. The van der Waals surface area contributed by atoms with E-state index in [0.717, 1.165) is 33.8 Å². The number of carboxylic acids is 1. The lowest BCUT2D eigenvalue weighted by atomic mass is 9.92. The molecule has 1 heterocycles. The maximum Gasteiger partial charge on any atom is 0.370 e. The van der Waals surface area contributed by atoms with Crippen LogP contribution in [0.2, 0.25) is 0 Å². The minimum absolute atomic E-state index is 0.559. The standard InChI is InChI=1S/C17H22N4O10/c1-7(22)19-14-11(20-21-18)5-12(17(26)27)31-16(14)15(30-10(4)25)13(29-9(3)24)6-28-8(2)23/h5,11,13-16,18H,6H2,1-4H3,(H-,19,22,26,27)/p+1. The number of amides is 1. The topological polar surface area (TPSA) is 205 Å². The van der Waals surface area contributed by atoms with Crippen molar-refractivity contribution in [1.29, 1.82) is 5.53 Å². The smallest absolute Gasteiger partial charge is 0.370 e. The molecule has 1 aliphatic heterocycles. The molecule has 31 heavy (non-hydrogen) atoms. The molecule has 3 N–H and O–H groups in total. The van der Waals surface area contributed by atoms with Crippen molar-refractivity contribution < 1.29 is 48.0 Å². The van der Waals surface area contributed by atoms with Gasteiger partial charge in [0.15, 0.2) is 24.4 Å². The Hall–Kier alpha value is -3.80. The van der Waals surface area contributed by atoms with E-state index in [9.17, 15) is 29.1 Å². The fourth-order valence-electron chi connectivity index (χ4n) is 2.83. The molecule has 0 radical (unpaired) electrons. The average molecular weight is 443 g/mol. The maximum atomic E-state index is 11.8. The zero-order valence-corrected chi connectivity index (χ0v) is 17.2. The first-order valence-electron chi connectivity index (χ1n) is 8.89. The van der Waals surface area contributed by atoms with Crippen molar-refractivity contribution in [2.24, 2.45) is 5.11 Å². The summed E-state index contributed by atoms with van der Waals surface area (Å²) in [6.45, 7) is 3.79. The van der Waals surface area contributed by atoms with Gasteiger partial charge in [0.1, 0.15) is 23.3 Å². The van der Waals surface area contributed by atoms with Crippen LogP contribution in [0.15, 0.2) is 16.9 Å². The first kappa shape index (κ1) is 25.2. The summed E-state index contributed by atoms with van der Waals surface area (Å²) in [4.78, 5) is 60.8. The second-order valence-electron chi connectivity index (χ2n) is 6.38. The fraction of sp³-hybridized carbons (Fsp3) is 0.588. The van der Waals surface area contributed by atoms with E-state index < -0.39 is 72.5 Å². The maximum absolute atomic E-state index is 11.8. The van der Waals surface area contributed by atoms with Crippen LogP contribution in [0.25, 0.3) is 0 Å². The highest BCUT2D eigenvalue weighted by Gasteiger charge is 2.49. The number of nitrogens with zero attached hydrogens (tertiary/aromatic N) is 2. The van der Waals surface area contributed by atoms with Crippen LogP contribution in [0.5, 0.6) is 0 Å². The predicted octanol–water partition coefficient (Wildman–Crippen LogP) is -0.796. The summed E-state index contributed by atoms with van der Waals surface area (Å²) >= 11 is 0. The van der Waals surface area contributed by atoms with E-state index >= 15 is 0 Å². The van der Waals surface area contributed by atoms with Gasteiger partial charge in [0.05, 0.1) is 0 Å². The highest BCUT2D eigenvalue weighted by molar-refractivity contribution is 5.85. The number of ether oxygens (including phenoxy) is 4. The van der Waals surface area contributed by atoms with Gasteiger partial charge in [-0.05, 0) is 6.08 Å². The van der Waals surface area contributed by atoms with Gasteiger partial charge in [-0.25, -0.2) is 4.79 Å². The molecule has 0 spiro atoms. The van der Waals surface area contributed by atoms with Crippen LogP contribution in [0.3, 0.4) is 0 Å². The molecular formula is C17H23N4O10+. The number of nitrogens with one attached hydrogen (secondary N) is 2. The van der Waals surface area contributed by atoms with Crippen molar-refractivity contribution in [2.75, 3.05) is 6.61 Å². The van der Waals surface area contributed by atoms with Crippen molar-refractivity contribution in [3.63, 3.8) is 0 Å². The van der Waals surface area contributed by atoms with E-state index in [1.807, 2.05) is 0 Å². The van der Waals surface area contributed by atoms with Crippen molar-refractivity contribution in [3.8, 4) is 0 Å². The van der Waals surface area contributed by atoms with E-state index in [1.54, 1.807) is 0 Å². The van der Waals surface area contributed by atoms with Gasteiger partial charge in [-0.2, -0.15) is 0 Å². The quantitative estimate of drug-likeness (QED) is 0.175. The zero-order valence-electron chi connectivity index (χ0n) is 17.2. The zero-order chi connectivity index (χ0) is 23.7. The lowest BCUT2D eigenvalue weighted by molar-refractivity contribution is -0.187. The van der Waals surface area contributed by atoms with E-state index in [0.29, 0.717) is 0 Å². The average Bonchev–Trinajstić information content (AvgIpc) is 2.63. The van der Waals surface area contributed by atoms with E-state index in [1.165, 1.54) is 0 Å². The summed E-state index contributed by atoms with van der Waals surface area (Å²) in [6, 6.07) is -2.38. The summed E-state index contributed by atoms with van der Waals surface area (Å²) in [7, 11) is 0. The molecule has 1 rings (SSSR count). The van der Waals surface area contributed by atoms with E-state index in [4.69, 9.17) is 24.5 Å². The van der Waals surface area contributed by atoms with Crippen LogP contribution in [0.4, 0.5) is 0 Å². The molecule has 0 fully saturated rings. The third kappa shape index (κ3) is 7.85. The fourth-order valence-corrected chi connectivity index (χ4v) is 2.83. The summed E-state index contributed by atoms with van der Waals surface area (Å²) in [5.41, 5.74) is 6.98. The predicted molar refractivity (Wildman–Crippen MR) is 97.0 cm³/mol. The first-order chi connectivity index (χ1) is 14.5. The molecule has 14 nitrogen and oxygen atoms in total. The third-order valence-electron chi connectivity index (χ3n) is 3.84. The lowest BCUT2D eigenvalue weighted by Crippen LogP contribution is -2.61. The van der Waals surface area contributed by atoms with Crippen LogP contribution in [-0.2, 0) is 42.9 Å². The van der Waals surface area contributed by atoms with E-state index in [-0.39, 0.29) is 0 Å². The van der Waals surface area contributed by atoms with Gasteiger partial charge in [0.25, 0.3) is 0 Å². The third-order valence-corrected chi connectivity index (χ3v) is 3.84. The molecule has 1 amide bonds. The van der Waals surface area contributed by atoms with Crippen molar-refractivity contribution in [1.82, 2.24) is 10.2 Å². The number of rotatable bonds is 9. The van der Waals surface area contributed by atoms with Crippen LogP contribution >= 0.6 is 0 Å². The lowest BCUT2D eigenvalue weighted by Gasteiger charge is -2.39. The molecule has 0 bridgehead atoms. The number of carboxylic acid groups (broad SMARTS) is 1. The SMILES string of the molecule is CC(=O)NC1C(N=[N+]=N)C=C(C(=O)O)OC1C(OC(C)=O)C(COC(C)=O)OC(C)=O. The van der Waals surface area contributed by atoms with Gasteiger partial charge < -0.3 is 29.4 Å². The number of hydrogen-bond donors (Lipinski definition) is 3. The van der Waals surface area contributed by atoms with Gasteiger partial charge in [-0.1, -0.05) is 0 Å². The van der Waals surface area contributed by atoms with E-state index in [2.05, 4.69) is 15.3 Å². The highest BCUT2D eigenvalue weighted by atomic mass is 16.6. The molecule has 0 saturated heterocycles. The van der Waals surface area contributed by atoms with Gasteiger partial charge >= 0.3 is 23.9 Å². The van der Waals surface area contributed by atoms with Crippen LogP contribution in [0.1, 0.15) is 27.7 Å². The van der Waals surface area contributed by atoms with Crippen LogP contribution < -0.4 is 10.2 Å². The Labute approximate surface area is 176 Å². The summed E-state index contributed by atoms with van der Waals surface area (Å²) in [5.74, 6) is -5.13. The Balaban J connectivity index is 3.54. The molecular weight excluding hydrogens is 420 g/mol. The molecule has 1 aliphatic rings. The number of carbonyl (C=O) groups is 5. The normalized spacial score (nSPS) is 21.7. The summed E-state index contributed by atoms with van der Waals surface area (Å²) in [5, 5.41) is 15.4. The molecule has 14 heteroatoms. The Kier molecular flexibility index (Phi) is 9.28. The largest absolute Gasteiger partial charge is 0.477 e. The van der Waals surface area contributed by atoms with Crippen LogP contribution in [-0.4, -0.2) is 71.9 Å². The Morgan fingerprint density at radius 3 is 2.23 bits per heavy atom. The van der Waals surface area contributed by atoms with Crippen molar-refractivity contribution in [3.05, 3.63) is 11.8 Å². The molecule has 5 atom stereocenters. The Morgan fingerprint density at radius 1 is 1.16 bits per heavy atom. The molecule has 0 aromatic heterocycles. The summed E-state index contributed by atoms with van der Waals surface area (Å²) in [6.07, 6.45) is -3.42. The molecule has 0 aromatic rings. The molecule has 5 unspecified atom stereocenters. The van der Waals surface area contributed by atoms with Gasteiger partial charge in [0.2, 0.25) is 16.6 Å². The van der Waals surface area contributed by atoms with Gasteiger partial charge in [0, 0.05) is 27.7 Å². The second kappa shape index (κ2) is 11.4. The summed E-state index contributed by atoms with van der Waals surface area (Å²) < 4.78 is 20.7. The van der Waals surface area contributed by atoms with Crippen molar-refractivity contribution >= 4 is 29.8 Å². The monoisotopic (exact) mass is 443 g/mol. The second-order valence-corrected chi connectivity index (χ2v) is 6.38. The minimum Gasteiger partial charge on any atom is -0.477 e. The number of carbonyl (C=O) groups excluding carboxylic acids is 4. The van der Waals surface area contributed by atoms with Gasteiger partial charge in [-0.15, -0.1) is 0 Å².